The van der Waals surface area contributed by atoms with E-state index in [9.17, 15) is 0 Å². The van der Waals surface area contributed by atoms with Crippen molar-refractivity contribution in [3.8, 4) is 0 Å². The van der Waals surface area contributed by atoms with E-state index in [1.54, 1.807) is 0 Å². The number of hydrogen-bond acceptors (Lipinski definition) is 2. The Kier molecular flexibility index (Phi) is 45.9. The van der Waals surface area contributed by atoms with Crippen LogP contribution < -0.4 is 51.4 Å². The maximum atomic E-state index is 7.56. The molecule has 0 rings (SSSR count). The molecule has 0 aromatic rings. The van der Waals surface area contributed by atoms with E-state index in [1.165, 1.54) is 77.0 Å². The molecule has 0 aliphatic rings. The monoisotopic (exact) mass is 496 g/mol. The van der Waals surface area contributed by atoms with Crippen molar-refractivity contribution >= 4 is 37.1 Å². The molecule has 0 amide bonds. The van der Waals surface area contributed by atoms with Crippen LogP contribution >= 0.6 is 13.4 Å². The SMILES string of the molecule is CCCCCCCC.CCCCCCCC.OP(O)(O)=S.OP(O)(O)=S.[H-].[K+]. The van der Waals surface area contributed by atoms with E-state index < -0.39 is 13.4 Å². The van der Waals surface area contributed by atoms with E-state index in [4.69, 9.17) is 29.4 Å². The summed E-state index contributed by atoms with van der Waals surface area (Å²) in [5, 5.41) is 0. The molecule has 6 N–H and O–H groups in total. The fourth-order valence-electron chi connectivity index (χ4n) is 1.71. The van der Waals surface area contributed by atoms with Crippen LogP contribution in [0.2, 0.25) is 0 Å². The van der Waals surface area contributed by atoms with Gasteiger partial charge in [-0.25, -0.2) is 0 Å². The van der Waals surface area contributed by atoms with Gasteiger partial charge in [-0.2, -0.15) is 0 Å². The second-order valence-electron chi connectivity index (χ2n) is 5.85. The topological polar surface area (TPSA) is 121 Å². The minimum atomic E-state index is -3.81. The van der Waals surface area contributed by atoms with Gasteiger partial charge in [0.1, 0.15) is 0 Å². The predicted octanol–water partition coefficient (Wildman–Crippen LogP) is 2.23. The standard InChI is InChI=1S/2C8H18.K.2H3O3PS.H/c2*1-3-5-7-8-6-4-2;;2*1-4(2,3)5;/h2*3-8H2,1-2H3;;2*(H3,1,2,3,5);/q;;+1;;;-1. The van der Waals surface area contributed by atoms with Gasteiger partial charge < -0.3 is 30.8 Å². The third kappa shape index (κ3) is 127. The summed E-state index contributed by atoms with van der Waals surface area (Å²) in [6, 6.07) is 0. The molecule has 0 aromatic carbocycles. The van der Waals surface area contributed by atoms with Crippen LogP contribution in [0.4, 0.5) is 0 Å². The number of hydrogen-bond donors (Lipinski definition) is 6. The zero-order valence-electron chi connectivity index (χ0n) is 18.9. The van der Waals surface area contributed by atoms with E-state index in [1.807, 2.05) is 0 Å². The Balaban J connectivity index is -0.0000000576. The first kappa shape index (κ1) is 40.1. The molecule has 0 radical (unpaired) electrons. The summed E-state index contributed by atoms with van der Waals surface area (Å²) in [5.74, 6) is 0. The normalized spacial score (nSPS) is 10.1. The summed E-state index contributed by atoms with van der Waals surface area (Å²) in [7, 11) is 0. The summed E-state index contributed by atoms with van der Waals surface area (Å²) < 4.78 is 0. The fraction of sp³-hybridized carbons (Fsp3) is 1.00. The average Bonchev–Trinajstić information content (AvgIpc) is 2.46. The van der Waals surface area contributed by atoms with Crippen LogP contribution in [0.1, 0.15) is 106 Å². The Hall–Kier alpha value is 2.70. The van der Waals surface area contributed by atoms with Crippen LogP contribution in [0.15, 0.2) is 0 Å². The molecule has 27 heavy (non-hydrogen) atoms. The van der Waals surface area contributed by atoms with E-state index in [2.05, 4.69) is 51.3 Å². The first-order chi connectivity index (χ1) is 11.8. The van der Waals surface area contributed by atoms with Gasteiger partial charge in [0.25, 0.3) is 0 Å². The third-order valence-corrected chi connectivity index (χ3v) is 2.91. The van der Waals surface area contributed by atoms with Crippen molar-refractivity contribution < 1.29 is 82.2 Å². The number of rotatable bonds is 10. The Morgan fingerprint density at radius 1 is 0.481 bits per heavy atom. The van der Waals surface area contributed by atoms with Gasteiger partial charge in [0, 0.05) is 0 Å². The summed E-state index contributed by atoms with van der Waals surface area (Å²) in [4.78, 5) is 45.3. The van der Waals surface area contributed by atoms with Gasteiger partial charge >= 0.3 is 64.8 Å². The van der Waals surface area contributed by atoms with Crippen molar-refractivity contribution in [3.05, 3.63) is 0 Å². The summed E-state index contributed by atoms with van der Waals surface area (Å²) in [6.07, 6.45) is 17.0. The Morgan fingerprint density at radius 2 is 0.593 bits per heavy atom. The molecule has 0 aliphatic carbocycles. The van der Waals surface area contributed by atoms with Gasteiger partial charge in [0.05, 0.1) is 0 Å². The van der Waals surface area contributed by atoms with Crippen molar-refractivity contribution in [1.29, 1.82) is 0 Å². The quantitative estimate of drug-likeness (QED) is 0.155. The molecule has 0 heterocycles. The first-order valence-corrected chi connectivity index (χ1v) is 14.7. The maximum absolute atomic E-state index is 7.56. The molecule has 0 saturated heterocycles. The number of unbranched alkanes of at least 4 members (excludes halogenated alkanes) is 10. The van der Waals surface area contributed by atoms with Crippen LogP contribution in [-0.4, -0.2) is 29.4 Å². The minimum absolute atomic E-state index is 0. The fourth-order valence-corrected chi connectivity index (χ4v) is 1.71. The first-order valence-electron chi connectivity index (χ1n) is 9.39. The van der Waals surface area contributed by atoms with Crippen molar-refractivity contribution in [2.75, 3.05) is 0 Å². The predicted molar refractivity (Wildman–Crippen MR) is 121 cm³/mol. The zero-order chi connectivity index (χ0) is 21.5. The van der Waals surface area contributed by atoms with E-state index in [0.717, 1.165) is 0 Å². The largest absolute Gasteiger partial charge is 1.00 e. The van der Waals surface area contributed by atoms with Crippen LogP contribution in [0.25, 0.3) is 0 Å². The molecule has 0 spiro atoms. The van der Waals surface area contributed by atoms with Crippen LogP contribution in [0.3, 0.4) is 0 Å². The summed E-state index contributed by atoms with van der Waals surface area (Å²) >= 11 is 7.21. The Labute approximate surface area is 221 Å². The molecule has 0 unspecified atom stereocenters. The minimum Gasteiger partial charge on any atom is -1.00 e. The zero-order valence-corrected chi connectivity index (χ0v) is 24.4. The van der Waals surface area contributed by atoms with Gasteiger partial charge in [0.2, 0.25) is 0 Å². The average molecular weight is 497 g/mol. The smallest absolute Gasteiger partial charge is 1.00 e. The van der Waals surface area contributed by atoms with Gasteiger partial charge in [-0.1, -0.05) is 105 Å². The van der Waals surface area contributed by atoms with Crippen LogP contribution in [-0.2, 0) is 23.6 Å². The molecule has 0 bridgehead atoms. The van der Waals surface area contributed by atoms with Crippen LogP contribution in [0, 0.1) is 0 Å². The molecular formula is C16H43KO6P2S2. The Bertz CT molecular complexity index is 287. The second-order valence-corrected chi connectivity index (χ2v) is 10.8. The Morgan fingerprint density at radius 3 is 0.667 bits per heavy atom. The third-order valence-electron chi connectivity index (χ3n) is 2.91. The molecule has 0 saturated carbocycles. The molecule has 0 atom stereocenters. The van der Waals surface area contributed by atoms with Gasteiger partial charge in [-0.05, 0) is 23.6 Å². The van der Waals surface area contributed by atoms with Crippen LogP contribution in [0.5, 0.6) is 0 Å². The van der Waals surface area contributed by atoms with Crippen molar-refractivity contribution in [2.24, 2.45) is 0 Å². The van der Waals surface area contributed by atoms with E-state index >= 15 is 0 Å². The van der Waals surface area contributed by atoms with Crippen molar-refractivity contribution in [2.45, 2.75) is 105 Å². The molecule has 11 heteroatoms. The molecule has 6 nitrogen and oxygen atoms in total. The molecular weight excluding hydrogens is 453 g/mol. The van der Waals surface area contributed by atoms with E-state index in [0.29, 0.717) is 0 Å². The molecule has 0 aliphatic heterocycles. The van der Waals surface area contributed by atoms with Gasteiger partial charge in [-0.3, -0.25) is 0 Å². The van der Waals surface area contributed by atoms with Crippen molar-refractivity contribution in [3.63, 3.8) is 0 Å². The van der Waals surface area contributed by atoms with Gasteiger partial charge in [-0.15, -0.1) is 0 Å². The summed E-state index contributed by atoms with van der Waals surface area (Å²) in [6.45, 7) is 1.41. The summed E-state index contributed by atoms with van der Waals surface area (Å²) in [5.41, 5.74) is 0. The molecule has 0 fully saturated rings. The van der Waals surface area contributed by atoms with Crippen molar-refractivity contribution in [1.82, 2.24) is 0 Å². The molecule has 166 valence electrons. The molecule has 0 aromatic heterocycles. The van der Waals surface area contributed by atoms with E-state index in [-0.39, 0.29) is 52.8 Å². The maximum Gasteiger partial charge on any atom is 1.00 e. The van der Waals surface area contributed by atoms with Gasteiger partial charge in [0.15, 0.2) is 0 Å². The second kappa shape index (κ2) is 30.9.